The fourth-order valence-corrected chi connectivity index (χ4v) is 3.19. The molecule has 0 saturated heterocycles. The van der Waals surface area contributed by atoms with Crippen LogP contribution in [0.25, 0.3) is 0 Å². The fraction of sp³-hybridized carbons (Fsp3) is 0.0769. The summed E-state index contributed by atoms with van der Waals surface area (Å²) in [6.07, 6.45) is 1.51. The molecule has 0 unspecified atom stereocenters. The van der Waals surface area contributed by atoms with Gasteiger partial charge in [0.2, 0.25) is 0 Å². The Morgan fingerprint density at radius 2 is 1.95 bits per heavy atom. The summed E-state index contributed by atoms with van der Waals surface area (Å²) in [5, 5.41) is 4.58. The fourth-order valence-electron chi connectivity index (χ4n) is 1.40. The van der Waals surface area contributed by atoms with Crippen LogP contribution in [0, 0.1) is 0 Å². The normalized spacial score (nSPS) is 10.9. The van der Waals surface area contributed by atoms with E-state index in [-0.39, 0.29) is 10.8 Å². The average molecular weight is 323 g/mol. The van der Waals surface area contributed by atoms with E-state index in [9.17, 15) is 13.2 Å². The van der Waals surface area contributed by atoms with E-state index in [1.54, 1.807) is 12.3 Å². The van der Waals surface area contributed by atoms with Gasteiger partial charge in [0, 0.05) is 22.8 Å². The number of carbonyl (C=O) groups is 1. The molecular formula is C13H13N3O3S2. The highest BCUT2D eigenvalue weighted by molar-refractivity contribution is 7.93. The number of amides is 1. The van der Waals surface area contributed by atoms with Crippen LogP contribution >= 0.6 is 11.3 Å². The molecule has 2 rings (SSSR count). The molecule has 8 heteroatoms. The Morgan fingerprint density at radius 3 is 2.48 bits per heavy atom. The van der Waals surface area contributed by atoms with Crippen LogP contribution in [0.2, 0.25) is 0 Å². The average Bonchev–Trinajstić information content (AvgIpc) is 2.91. The summed E-state index contributed by atoms with van der Waals surface area (Å²) in [6, 6.07) is 5.84. The van der Waals surface area contributed by atoms with Crippen LogP contribution in [0.1, 0.15) is 6.92 Å². The number of nitrogens with zero attached hydrogens (tertiary/aromatic N) is 1. The maximum absolute atomic E-state index is 12.1. The van der Waals surface area contributed by atoms with E-state index in [4.69, 9.17) is 0 Å². The first-order valence-electron chi connectivity index (χ1n) is 5.88. The Balaban J connectivity index is 2.14. The molecule has 1 aromatic carbocycles. The van der Waals surface area contributed by atoms with Crippen LogP contribution in [0.15, 0.2) is 52.9 Å². The smallest absolute Gasteiger partial charge is 0.263 e. The standard InChI is InChI=1S/C13H13N3O3S2/c1-9(2)12(17)15-10-3-5-11(6-4-10)21(18,19)16-13-14-7-8-20-13/h3-8H,1H2,2H3,(H,14,16)(H,15,17). The third kappa shape index (κ3) is 3.89. The van der Waals surface area contributed by atoms with E-state index in [0.29, 0.717) is 16.4 Å². The minimum absolute atomic E-state index is 0.0889. The molecule has 0 radical (unpaired) electrons. The molecule has 0 fully saturated rings. The van der Waals surface area contributed by atoms with Crippen molar-refractivity contribution in [3.63, 3.8) is 0 Å². The Kier molecular flexibility index (Phi) is 4.39. The lowest BCUT2D eigenvalue weighted by molar-refractivity contribution is -0.112. The SMILES string of the molecule is C=C(C)C(=O)Nc1ccc(S(=O)(=O)Nc2nccs2)cc1. The largest absolute Gasteiger partial charge is 0.322 e. The molecule has 0 saturated carbocycles. The molecule has 21 heavy (non-hydrogen) atoms. The van der Waals surface area contributed by atoms with Crippen molar-refractivity contribution in [2.75, 3.05) is 10.0 Å². The number of thiazole rings is 1. The first-order valence-corrected chi connectivity index (χ1v) is 8.24. The highest BCUT2D eigenvalue weighted by atomic mass is 32.2. The van der Waals surface area contributed by atoms with E-state index in [2.05, 4.69) is 21.6 Å². The van der Waals surface area contributed by atoms with Crippen molar-refractivity contribution in [2.24, 2.45) is 0 Å². The lowest BCUT2D eigenvalue weighted by Gasteiger charge is -2.07. The zero-order chi connectivity index (χ0) is 15.5. The number of carbonyl (C=O) groups excluding carboxylic acids is 1. The number of hydrogen-bond acceptors (Lipinski definition) is 5. The van der Waals surface area contributed by atoms with Crippen molar-refractivity contribution in [1.29, 1.82) is 0 Å². The molecule has 1 amide bonds. The summed E-state index contributed by atoms with van der Waals surface area (Å²) in [5.41, 5.74) is 0.869. The van der Waals surface area contributed by atoms with Gasteiger partial charge in [-0.15, -0.1) is 11.3 Å². The lowest BCUT2D eigenvalue weighted by atomic mass is 10.3. The van der Waals surface area contributed by atoms with Crippen molar-refractivity contribution in [3.05, 3.63) is 48.0 Å². The number of sulfonamides is 1. The number of anilines is 2. The summed E-state index contributed by atoms with van der Waals surface area (Å²) >= 11 is 1.19. The van der Waals surface area contributed by atoms with Crippen molar-refractivity contribution in [3.8, 4) is 0 Å². The molecule has 1 aromatic heterocycles. The van der Waals surface area contributed by atoms with Crippen LogP contribution in [0.4, 0.5) is 10.8 Å². The summed E-state index contributed by atoms with van der Waals surface area (Å²) in [7, 11) is -3.68. The van der Waals surface area contributed by atoms with Gasteiger partial charge in [0.15, 0.2) is 5.13 Å². The van der Waals surface area contributed by atoms with Crippen molar-refractivity contribution < 1.29 is 13.2 Å². The van der Waals surface area contributed by atoms with Crippen LogP contribution in [-0.2, 0) is 14.8 Å². The molecule has 0 aliphatic heterocycles. The van der Waals surface area contributed by atoms with Crippen LogP contribution < -0.4 is 10.0 Å². The minimum Gasteiger partial charge on any atom is -0.322 e. The van der Waals surface area contributed by atoms with Crippen molar-refractivity contribution in [1.82, 2.24) is 4.98 Å². The van der Waals surface area contributed by atoms with Gasteiger partial charge in [0.1, 0.15) is 0 Å². The van der Waals surface area contributed by atoms with Crippen LogP contribution in [0.3, 0.4) is 0 Å². The molecular weight excluding hydrogens is 310 g/mol. The van der Waals surface area contributed by atoms with E-state index >= 15 is 0 Å². The van der Waals surface area contributed by atoms with Gasteiger partial charge in [-0.25, -0.2) is 13.4 Å². The summed E-state index contributed by atoms with van der Waals surface area (Å²) in [6.45, 7) is 5.12. The molecule has 1 heterocycles. The minimum atomic E-state index is -3.68. The molecule has 0 aliphatic rings. The van der Waals surface area contributed by atoms with Crippen molar-refractivity contribution in [2.45, 2.75) is 11.8 Å². The number of rotatable bonds is 5. The van der Waals surface area contributed by atoms with Gasteiger partial charge in [-0.05, 0) is 31.2 Å². The zero-order valence-corrected chi connectivity index (χ0v) is 12.8. The van der Waals surface area contributed by atoms with E-state index in [1.165, 1.54) is 41.8 Å². The molecule has 2 aromatic rings. The number of hydrogen-bond donors (Lipinski definition) is 2. The first kappa shape index (κ1) is 15.2. The predicted octanol–water partition coefficient (Wildman–Crippen LogP) is 2.46. The Labute approximate surface area is 126 Å². The van der Waals surface area contributed by atoms with Crippen LogP contribution in [0.5, 0.6) is 0 Å². The van der Waals surface area contributed by atoms with Crippen LogP contribution in [-0.4, -0.2) is 19.3 Å². The zero-order valence-electron chi connectivity index (χ0n) is 11.2. The highest BCUT2D eigenvalue weighted by Gasteiger charge is 2.15. The molecule has 2 N–H and O–H groups in total. The van der Waals surface area contributed by atoms with Gasteiger partial charge < -0.3 is 5.32 Å². The van der Waals surface area contributed by atoms with E-state index < -0.39 is 10.0 Å². The van der Waals surface area contributed by atoms with Gasteiger partial charge in [-0.2, -0.15) is 0 Å². The first-order chi connectivity index (χ1) is 9.88. The highest BCUT2D eigenvalue weighted by Crippen LogP contribution is 2.19. The summed E-state index contributed by atoms with van der Waals surface area (Å²) < 4.78 is 26.6. The maximum atomic E-state index is 12.1. The van der Waals surface area contributed by atoms with Gasteiger partial charge in [0.25, 0.3) is 15.9 Å². The number of aromatic nitrogens is 1. The van der Waals surface area contributed by atoms with Gasteiger partial charge in [-0.1, -0.05) is 6.58 Å². The Hall–Kier alpha value is -2.19. The van der Waals surface area contributed by atoms with E-state index in [1.807, 2.05) is 0 Å². The third-order valence-corrected chi connectivity index (χ3v) is 4.64. The van der Waals surface area contributed by atoms with Gasteiger partial charge in [0.05, 0.1) is 4.90 Å². The third-order valence-electron chi connectivity index (χ3n) is 2.46. The predicted molar refractivity (Wildman–Crippen MR) is 82.8 cm³/mol. The topological polar surface area (TPSA) is 88.2 Å². The Morgan fingerprint density at radius 1 is 1.29 bits per heavy atom. The van der Waals surface area contributed by atoms with Crippen molar-refractivity contribution >= 4 is 38.1 Å². The summed E-state index contributed by atoms with van der Waals surface area (Å²) in [4.78, 5) is 15.4. The van der Waals surface area contributed by atoms with E-state index in [0.717, 1.165) is 0 Å². The Bertz CT molecular complexity index is 750. The van der Waals surface area contributed by atoms with Gasteiger partial charge in [-0.3, -0.25) is 9.52 Å². The quantitative estimate of drug-likeness (QED) is 0.827. The number of nitrogens with one attached hydrogen (secondary N) is 2. The number of benzene rings is 1. The lowest BCUT2D eigenvalue weighted by Crippen LogP contribution is -2.14. The molecule has 0 bridgehead atoms. The second kappa shape index (κ2) is 6.06. The second-order valence-corrected chi connectivity index (χ2v) is 6.78. The second-order valence-electron chi connectivity index (χ2n) is 4.20. The molecule has 0 atom stereocenters. The summed E-state index contributed by atoms with van der Waals surface area (Å²) in [5.74, 6) is -0.313. The maximum Gasteiger partial charge on any atom is 0.263 e. The van der Waals surface area contributed by atoms with Gasteiger partial charge >= 0.3 is 0 Å². The molecule has 0 aliphatic carbocycles. The molecule has 6 nitrogen and oxygen atoms in total. The molecule has 0 spiro atoms. The molecule has 110 valence electrons. The monoisotopic (exact) mass is 323 g/mol.